The lowest BCUT2D eigenvalue weighted by Crippen LogP contribution is -2.22. The van der Waals surface area contributed by atoms with E-state index in [0.29, 0.717) is 0 Å². The highest BCUT2D eigenvalue weighted by molar-refractivity contribution is 5.97. The van der Waals surface area contributed by atoms with Gasteiger partial charge in [-0.3, -0.25) is 0 Å². The molecule has 0 heterocycles. The Balaban J connectivity index is 2.13. The molecule has 1 aliphatic rings. The lowest BCUT2D eigenvalue weighted by molar-refractivity contribution is 0.318. The number of hydrogen-bond acceptors (Lipinski definition) is 3. The second-order valence-corrected chi connectivity index (χ2v) is 5.34. The molecule has 0 aromatic heterocycles. The van der Waals surface area contributed by atoms with Crippen LogP contribution in [0.3, 0.4) is 0 Å². The van der Waals surface area contributed by atoms with Crippen LogP contribution in [0.25, 0.3) is 0 Å². The molecule has 4 heteroatoms. The second-order valence-electron chi connectivity index (χ2n) is 5.34. The summed E-state index contributed by atoms with van der Waals surface area (Å²) in [5, 5.41) is 11.7. The molecular weight excluding hydrogens is 226 g/mol. The number of oxime groups is 1. The van der Waals surface area contributed by atoms with Crippen LogP contribution >= 0.6 is 0 Å². The SMILES string of the molecule is Cc1cc(/C(N)=N/O)ccc1N(C)CC1CC1C. The van der Waals surface area contributed by atoms with E-state index >= 15 is 0 Å². The highest BCUT2D eigenvalue weighted by atomic mass is 16.4. The average molecular weight is 247 g/mol. The number of aryl methyl sites for hydroxylation is 1. The van der Waals surface area contributed by atoms with Crippen molar-refractivity contribution in [1.29, 1.82) is 0 Å². The van der Waals surface area contributed by atoms with Crippen molar-refractivity contribution >= 4 is 11.5 Å². The fourth-order valence-electron chi connectivity index (χ4n) is 2.40. The Morgan fingerprint density at radius 3 is 2.72 bits per heavy atom. The summed E-state index contributed by atoms with van der Waals surface area (Å²) in [6.45, 7) is 5.45. The van der Waals surface area contributed by atoms with Crippen molar-refractivity contribution < 1.29 is 5.21 Å². The number of benzene rings is 1. The minimum atomic E-state index is 0.156. The molecule has 0 spiro atoms. The van der Waals surface area contributed by atoms with Crippen LogP contribution in [0.5, 0.6) is 0 Å². The van der Waals surface area contributed by atoms with Crippen LogP contribution in [0.1, 0.15) is 24.5 Å². The Morgan fingerprint density at radius 2 is 2.22 bits per heavy atom. The molecule has 0 saturated heterocycles. The van der Waals surface area contributed by atoms with Crippen LogP contribution in [0.4, 0.5) is 5.69 Å². The van der Waals surface area contributed by atoms with Crippen LogP contribution in [-0.2, 0) is 0 Å². The maximum Gasteiger partial charge on any atom is 0.170 e. The topological polar surface area (TPSA) is 61.9 Å². The Hall–Kier alpha value is -1.71. The fourth-order valence-corrected chi connectivity index (χ4v) is 2.40. The molecule has 2 unspecified atom stereocenters. The maximum absolute atomic E-state index is 8.67. The molecule has 0 bridgehead atoms. The highest BCUT2D eigenvalue weighted by Gasteiger charge is 2.33. The number of rotatable bonds is 4. The van der Waals surface area contributed by atoms with Crippen molar-refractivity contribution in [2.24, 2.45) is 22.7 Å². The third-order valence-electron chi connectivity index (χ3n) is 3.80. The number of hydrogen-bond donors (Lipinski definition) is 2. The zero-order chi connectivity index (χ0) is 13.3. The van der Waals surface area contributed by atoms with Gasteiger partial charge in [-0.05, 0) is 48.9 Å². The van der Waals surface area contributed by atoms with E-state index in [2.05, 4.69) is 31.0 Å². The smallest absolute Gasteiger partial charge is 0.170 e. The van der Waals surface area contributed by atoms with E-state index in [1.54, 1.807) is 0 Å². The summed E-state index contributed by atoms with van der Waals surface area (Å²) in [6, 6.07) is 5.89. The summed E-state index contributed by atoms with van der Waals surface area (Å²) in [4.78, 5) is 2.29. The Bertz CT molecular complexity index is 470. The standard InChI is InChI=1S/C14H21N3O/c1-9-6-12(9)8-17(3)13-5-4-11(7-10(13)2)14(15)16-18/h4-5,7,9,12,18H,6,8H2,1-3H3,(H2,15,16). The molecule has 0 amide bonds. The predicted molar refractivity (Wildman–Crippen MR) is 74.2 cm³/mol. The van der Waals surface area contributed by atoms with Gasteiger partial charge in [0.05, 0.1) is 0 Å². The Labute approximate surface area is 108 Å². The van der Waals surface area contributed by atoms with E-state index in [1.165, 1.54) is 12.1 Å². The first kappa shape index (κ1) is 12.7. The normalized spacial score (nSPS) is 22.9. The molecule has 1 saturated carbocycles. The van der Waals surface area contributed by atoms with Gasteiger partial charge in [-0.1, -0.05) is 12.1 Å². The first-order valence-electron chi connectivity index (χ1n) is 6.32. The van der Waals surface area contributed by atoms with Gasteiger partial charge in [0, 0.05) is 24.8 Å². The molecule has 1 fully saturated rings. The maximum atomic E-state index is 8.67. The van der Waals surface area contributed by atoms with Gasteiger partial charge >= 0.3 is 0 Å². The molecule has 0 radical (unpaired) electrons. The fraction of sp³-hybridized carbons (Fsp3) is 0.500. The number of nitrogens with two attached hydrogens (primary N) is 1. The third-order valence-corrected chi connectivity index (χ3v) is 3.80. The second kappa shape index (κ2) is 4.88. The molecule has 98 valence electrons. The van der Waals surface area contributed by atoms with Crippen molar-refractivity contribution in [2.45, 2.75) is 20.3 Å². The summed E-state index contributed by atoms with van der Waals surface area (Å²) in [7, 11) is 2.12. The molecule has 3 N–H and O–H groups in total. The van der Waals surface area contributed by atoms with E-state index < -0.39 is 0 Å². The minimum absolute atomic E-state index is 0.156. The van der Waals surface area contributed by atoms with Crippen molar-refractivity contribution in [3.05, 3.63) is 29.3 Å². The molecule has 0 aliphatic heterocycles. The van der Waals surface area contributed by atoms with Gasteiger partial charge in [0.15, 0.2) is 5.84 Å². The quantitative estimate of drug-likeness (QED) is 0.371. The largest absolute Gasteiger partial charge is 0.409 e. The van der Waals surface area contributed by atoms with Crippen LogP contribution in [0.2, 0.25) is 0 Å². The summed E-state index contributed by atoms with van der Waals surface area (Å²) in [6.07, 6.45) is 1.34. The Morgan fingerprint density at radius 1 is 1.56 bits per heavy atom. The van der Waals surface area contributed by atoms with Gasteiger partial charge in [-0.15, -0.1) is 0 Å². The summed E-state index contributed by atoms with van der Waals surface area (Å²) in [5.41, 5.74) is 8.70. The zero-order valence-electron chi connectivity index (χ0n) is 11.2. The summed E-state index contributed by atoms with van der Waals surface area (Å²) < 4.78 is 0. The Kier molecular flexibility index (Phi) is 3.45. The van der Waals surface area contributed by atoms with Gasteiger partial charge in [0.1, 0.15) is 0 Å². The minimum Gasteiger partial charge on any atom is -0.409 e. The molecule has 2 rings (SSSR count). The predicted octanol–water partition coefficient (Wildman–Crippen LogP) is 2.18. The van der Waals surface area contributed by atoms with Gasteiger partial charge < -0.3 is 15.8 Å². The van der Waals surface area contributed by atoms with Gasteiger partial charge in [0.25, 0.3) is 0 Å². The van der Waals surface area contributed by atoms with Gasteiger partial charge in [-0.25, -0.2) is 0 Å². The van der Waals surface area contributed by atoms with E-state index in [0.717, 1.165) is 29.5 Å². The zero-order valence-corrected chi connectivity index (χ0v) is 11.2. The lowest BCUT2D eigenvalue weighted by Gasteiger charge is -2.22. The molecule has 2 atom stereocenters. The number of nitrogens with zero attached hydrogens (tertiary/aromatic N) is 2. The summed E-state index contributed by atoms with van der Waals surface area (Å²) >= 11 is 0. The monoisotopic (exact) mass is 247 g/mol. The van der Waals surface area contributed by atoms with E-state index in [9.17, 15) is 0 Å². The molecule has 1 aromatic rings. The molecule has 4 nitrogen and oxygen atoms in total. The molecular formula is C14H21N3O. The highest BCUT2D eigenvalue weighted by Crippen LogP contribution is 2.39. The van der Waals surface area contributed by atoms with Crippen molar-refractivity contribution in [2.75, 3.05) is 18.5 Å². The van der Waals surface area contributed by atoms with Crippen molar-refractivity contribution in [3.63, 3.8) is 0 Å². The number of amidine groups is 1. The van der Waals surface area contributed by atoms with Crippen molar-refractivity contribution in [3.8, 4) is 0 Å². The molecule has 1 aromatic carbocycles. The summed E-state index contributed by atoms with van der Waals surface area (Å²) in [5.74, 6) is 1.85. The average Bonchev–Trinajstić information content (AvgIpc) is 3.03. The van der Waals surface area contributed by atoms with E-state index in [4.69, 9.17) is 10.9 Å². The molecule has 18 heavy (non-hydrogen) atoms. The third kappa shape index (κ3) is 2.58. The first-order chi connectivity index (χ1) is 8.52. The number of anilines is 1. The van der Waals surface area contributed by atoms with E-state index in [-0.39, 0.29) is 5.84 Å². The molecule has 1 aliphatic carbocycles. The van der Waals surface area contributed by atoms with Crippen LogP contribution < -0.4 is 10.6 Å². The van der Waals surface area contributed by atoms with Gasteiger partial charge in [0.2, 0.25) is 0 Å². The van der Waals surface area contributed by atoms with Crippen LogP contribution in [0, 0.1) is 18.8 Å². The van der Waals surface area contributed by atoms with Gasteiger partial charge in [-0.2, -0.15) is 0 Å². The first-order valence-corrected chi connectivity index (χ1v) is 6.32. The van der Waals surface area contributed by atoms with Crippen LogP contribution in [0.15, 0.2) is 23.4 Å². The lowest BCUT2D eigenvalue weighted by atomic mass is 10.1. The van der Waals surface area contributed by atoms with Crippen LogP contribution in [-0.4, -0.2) is 24.6 Å². The van der Waals surface area contributed by atoms with Crippen molar-refractivity contribution in [1.82, 2.24) is 0 Å². The van der Waals surface area contributed by atoms with E-state index in [1.807, 2.05) is 18.2 Å².